The van der Waals surface area contributed by atoms with Gasteiger partial charge in [0, 0.05) is 0 Å². The monoisotopic (exact) mass is 293 g/mol. The number of carbonyl (C=O) groups excluding carboxylic acids is 1. The van der Waals surface area contributed by atoms with E-state index in [-0.39, 0.29) is 17.2 Å². The molecule has 0 spiro atoms. The molecule has 0 aliphatic carbocycles. The third-order valence-corrected chi connectivity index (χ3v) is 3.11. The zero-order chi connectivity index (χ0) is 16.0. The smallest absolute Gasteiger partial charge is 0.326 e. The van der Waals surface area contributed by atoms with Gasteiger partial charge in [0.05, 0.1) is 17.3 Å². The number of carbonyl (C=O) groups is 2. The molecule has 0 aliphatic rings. The van der Waals surface area contributed by atoms with Gasteiger partial charge >= 0.3 is 12.0 Å². The summed E-state index contributed by atoms with van der Waals surface area (Å²) in [5.74, 6) is -2.18. The molecule has 0 fully saturated rings. The van der Waals surface area contributed by atoms with Crippen molar-refractivity contribution in [2.75, 3.05) is 5.32 Å². The van der Waals surface area contributed by atoms with Crippen LogP contribution in [0.25, 0.3) is 0 Å². The van der Waals surface area contributed by atoms with E-state index in [1.165, 1.54) is 12.1 Å². The van der Waals surface area contributed by atoms with Crippen LogP contribution in [0.15, 0.2) is 18.2 Å². The second-order valence-corrected chi connectivity index (χ2v) is 4.61. The summed E-state index contributed by atoms with van der Waals surface area (Å²) in [5.41, 5.74) is 0.00117. The van der Waals surface area contributed by atoms with Gasteiger partial charge < -0.3 is 15.7 Å². The Morgan fingerprint density at radius 1 is 1.48 bits per heavy atom. The van der Waals surface area contributed by atoms with Gasteiger partial charge in [0.15, 0.2) is 0 Å². The minimum Gasteiger partial charge on any atom is -0.480 e. The molecule has 0 heterocycles. The summed E-state index contributed by atoms with van der Waals surface area (Å²) in [6, 6.07) is 3.48. The lowest BCUT2D eigenvalue weighted by atomic mass is 9.99. The number of benzene rings is 1. The molecule has 0 aromatic heterocycles. The van der Waals surface area contributed by atoms with Crippen LogP contribution in [0.3, 0.4) is 0 Å². The van der Waals surface area contributed by atoms with Crippen molar-refractivity contribution < 1.29 is 19.1 Å². The molecule has 0 radical (unpaired) electrons. The Balaban J connectivity index is 2.77. The average Bonchev–Trinajstić information content (AvgIpc) is 2.45. The fourth-order valence-electron chi connectivity index (χ4n) is 1.67. The van der Waals surface area contributed by atoms with E-state index in [9.17, 15) is 14.0 Å². The normalized spacial score (nSPS) is 12.9. The van der Waals surface area contributed by atoms with Crippen LogP contribution in [0, 0.1) is 23.1 Å². The van der Waals surface area contributed by atoms with Gasteiger partial charge in [-0.25, -0.2) is 14.0 Å². The van der Waals surface area contributed by atoms with Gasteiger partial charge in [-0.15, -0.1) is 0 Å². The standard InChI is InChI=1S/C14H16FN3O3/c1-3-8(2)12(13(19)20)18-14(21)17-11-5-4-9(7-16)6-10(11)15/h4-6,8,12H,3H2,1-2H3,(H,19,20)(H2,17,18,21). The molecule has 7 heteroatoms. The Kier molecular flexibility index (Phi) is 5.67. The van der Waals surface area contributed by atoms with Crippen LogP contribution in [0.1, 0.15) is 25.8 Å². The van der Waals surface area contributed by atoms with Crippen LogP contribution in [0.4, 0.5) is 14.9 Å². The maximum atomic E-state index is 13.6. The first-order valence-electron chi connectivity index (χ1n) is 6.39. The number of halogens is 1. The number of rotatable bonds is 5. The number of carboxylic acids is 1. The molecule has 0 saturated carbocycles. The lowest BCUT2D eigenvalue weighted by Gasteiger charge is -2.20. The van der Waals surface area contributed by atoms with Crippen molar-refractivity contribution in [3.63, 3.8) is 0 Å². The summed E-state index contributed by atoms with van der Waals surface area (Å²) >= 11 is 0. The number of amides is 2. The average molecular weight is 293 g/mol. The second kappa shape index (κ2) is 7.24. The maximum absolute atomic E-state index is 13.6. The molecule has 0 bridgehead atoms. The fraction of sp³-hybridized carbons (Fsp3) is 0.357. The number of anilines is 1. The molecule has 1 rings (SSSR count). The first-order chi connectivity index (χ1) is 9.88. The van der Waals surface area contributed by atoms with Crippen LogP contribution in [0.5, 0.6) is 0 Å². The number of carboxylic acid groups (broad SMARTS) is 1. The van der Waals surface area contributed by atoms with E-state index in [4.69, 9.17) is 10.4 Å². The number of nitriles is 1. The lowest BCUT2D eigenvalue weighted by Crippen LogP contribution is -2.46. The molecule has 2 amide bonds. The predicted molar refractivity (Wildman–Crippen MR) is 74.1 cm³/mol. The van der Waals surface area contributed by atoms with Gasteiger partial charge in [-0.1, -0.05) is 20.3 Å². The van der Waals surface area contributed by atoms with E-state index in [2.05, 4.69) is 10.6 Å². The maximum Gasteiger partial charge on any atom is 0.326 e. The van der Waals surface area contributed by atoms with Crippen LogP contribution >= 0.6 is 0 Å². The SMILES string of the molecule is CCC(C)C(NC(=O)Nc1ccc(C#N)cc1F)C(=O)O. The molecule has 6 nitrogen and oxygen atoms in total. The number of hydrogen-bond acceptors (Lipinski definition) is 3. The highest BCUT2D eigenvalue weighted by Crippen LogP contribution is 2.15. The van der Waals surface area contributed by atoms with E-state index in [1.54, 1.807) is 19.9 Å². The topological polar surface area (TPSA) is 102 Å². The Morgan fingerprint density at radius 2 is 2.14 bits per heavy atom. The highest BCUT2D eigenvalue weighted by atomic mass is 19.1. The fourth-order valence-corrected chi connectivity index (χ4v) is 1.67. The predicted octanol–water partition coefficient (Wildman–Crippen LogP) is 2.32. The molecule has 0 aliphatic heterocycles. The number of hydrogen-bond donors (Lipinski definition) is 3. The van der Waals surface area contributed by atoms with Gasteiger partial charge in [-0.3, -0.25) is 0 Å². The summed E-state index contributed by atoms with van der Waals surface area (Å²) in [6.45, 7) is 3.50. The molecule has 112 valence electrons. The summed E-state index contributed by atoms with van der Waals surface area (Å²) in [6.07, 6.45) is 0.572. The van der Waals surface area contributed by atoms with E-state index in [1.807, 2.05) is 0 Å². The Morgan fingerprint density at radius 3 is 2.62 bits per heavy atom. The zero-order valence-electron chi connectivity index (χ0n) is 11.7. The summed E-state index contributed by atoms with van der Waals surface area (Å²) in [4.78, 5) is 22.8. The van der Waals surface area contributed by atoms with Crippen molar-refractivity contribution in [1.82, 2.24) is 5.32 Å². The minimum atomic E-state index is -1.15. The molecule has 1 aromatic rings. The number of nitrogens with zero attached hydrogens (tertiary/aromatic N) is 1. The van der Waals surface area contributed by atoms with Gasteiger partial charge in [0.25, 0.3) is 0 Å². The van der Waals surface area contributed by atoms with Crippen LogP contribution < -0.4 is 10.6 Å². The van der Waals surface area contributed by atoms with Crippen molar-refractivity contribution in [1.29, 1.82) is 5.26 Å². The van der Waals surface area contributed by atoms with Crippen molar-refractivity contribution >= 4 is 17.7 Å². The molecular weight excluding hydrogens is 277 g/mol. The second-order valence-electron chi connectivity index (χ2n) is 4.61. The van der Waals surface area contributed by atoms with Crippen molar-refractivity contribution in [2.24, 2.45) is 5.92 Å². The molecule has 1 aromatic carbocycles. The Bertz CT molecular complexity index is 583. The van der Waals surface area contributed by atoms with Crippen LogP contribution in [0.2, 0.25) is 0 Å². The number of urea groups is 1. The van der Waals surface area contributed by atoms with E-state index in [0.717, 1.165) is 6.07 Å². The van der Waals surface area contributed by atoms with E-state index in [0.29, 0.717) is 6.42 Å². The molecular formula is C14H16FN3O3. The largest absolute Gasteiger partial charge is 0.480 e. The molecule has 2 atom stereocenters. The third-order valence-electron chi connectivity index (χ3n) is 3.11. The van der Waals surface area contributed by atoms with Gasteiger partial charge in [-0.05, 0) is 24.1 Å². The van der Waals surface area contributed by atoms with Gasteiger partial charge in [0.2, 0.25) is 0 Å². The van der Waals surface area contributed by atoms with Crippen molar-refractivity contribution in [3.8, 4) is 6.07 Å². The third kappa shape index (κ3) is 4.45. The molecule has 21 heavy (non-hydrogen) atoms. The summed E-state index contributed by atoms with van der Waals surface area (Å²) < 4.78 is 13.6. The quantitative estimate of drug-likeness (QED) is 0.775. The highest BCUT2D eigenvalue weighted by Gasteiger charge is 2.25. The van der Waals surface area contributed by atoms with Crippen molar-refractivity contribution in [3.05, 3.63) is 29.6 Å². The number of aliphatic carboxylic acids is 1. The Hall–Kier alpha value is -2.62. The van der Waals surface area contributed by atoms with Crippen LogP contribution in [-0.2, 0) is 4.79 Å². The van der Waals surface area contributed by atoms with Gasteiger partial charge in [0.1, 0.15) is 11.9 Å². The minimum absolute atomic E-state index is 0.125. The zero-order valence-corrected chi connectivity index (χ0v) is 11.7. The summed E-state index contributed by atoms with van der Waals surface area (Å²) in [7, 11) is 0. The first kappa shape index (κ1) is 16.4. The highest BCUT2D eigenvalue weighted by molar-refractivity contribution is 5.92. The molecule has 0 saturated heterocycles. The van der Waals surface area contributed by atoms with E-state index < -0.39 is 23.9 Å². The Labute approximate surface area is 121 Å². The number of nitrogens with one attached hydrogen (secondary N) is 2. The molecule has 3 N–H and O–H groups in total. The first-order valence-corrected chi connectivity index (χ1v) is 6.39. The van der Waals surface area contributed by atoms with Crippen molar-refractivity contribution in [2.45, 2.75) is 26.3 Å². The van der Waals surface area contributed by atoms with E-state index >= 15 is 0 Å². The van der Waals surface area contributed by atoms with Crippen LogP contribution in [-0.4, -0.2) is 23.1 Å². The molecule has 2 unspecified atom stereocenters. The lowest BCUT2D eigenvalue weighted by molar-refractivity contribution is -0.140. The van der Waals surface area contributed by atoms with Gasteiger partial charge in [-0.2, -0.15) is 5.26 Å². The summed E-state index contributed by atoms with van der Waals surface area (Å²) in [5, 5.41) is 22.2.